The van der Waals surface area contributed by atoms with Crippen molar-refractivity contribution in [1.82, 2.24) is 15.5 Å². The maximum absolute atomic E-state index is 13.8. The number of hydrogen-bond donors (Lipinski definition) is 4. The molecule has 0 aliphatic carbocycles. The van der Waals surface area contributed by atoms with Crippen molar-refractivity contribution in [2.45, 2.75) is 58.2 Å². The number of amides is 3. The third-order valence-electron chi connectivity index (χ3n) is 5.47. The lowest BCUT2D eigenvalue weighted by atomic mass is 10.0. The molecule has 2 rings (SSSR count). The number of nitrogens with one attached hydrogen (secondary N) is 2. The van der Waals surface area contributed by atoms with Crippen molar-refractivity contribution in [3.8, 4) is 11.5 Å². The van der Waals surface area contributed by atoms with Crippen LogP contribution in [-0.2, 0) is 30.3 Å². The van der Waals surface area contributed by atoms with Gasteiger partial charge in [0.2, 0.25) is 11.8 Å². The van der Waals surface area contributed by atoms with Crippen LogP contribution in [0.1, 0.15) is 51.3 Å². The second kappa shape index (κ2) is 14.0. The van der Waals surface area contributed by atoms with Crippen molar-refractivity contribution in [1.29, 1.82) is 0 Å². The molecule has 2 aromatic carbocycles. The van der Waals surface area contributed by atoms with Gasteiger partial charge in [0.15, 0.2) is 0 Å². The molecule has 212 valence electrons. The Morgan fingerprint density at radius 3 is 2.26 bits per heavy atom. The first-order valence-corrected chi connectivity index (χ1v) is 12.6. The Morgan fingerprint density at radius 2 is 1.67 bits per heavy atom. The normalized spacial score (nSPS) is 12.5. The van der Waals surface area contributed by atoms with Crippen LogP contribution >= 0.6 is 0 Å². The van der Waals surface area contributed by atoms with E-state index in [9.17, 15) is 29.4 Å². The molecule has 0 heterocycles. The van der Waals surface area contributed by atoms with Gasteiger partial charge in [0, 0.05) is 20.0 Å². The number of carbonyl (C=O) groups excluding carboxylic acids is 4. The molecule has 0 radical (unpaired) electrons. The number of alkyl carbamates (subject to hydrolysis) is 1. The average Bonchev–Trinajstić information content (AvgIpc) is 2.83. The van der Waals surface area contributed by atoms with E-state index in [0.717, 1.165) is 4.90 Å². The average molecular weight is 544 g/mol. The van der Waals surface area contributed by atoms with Crippen LogP contribution in [0.15, 0.2) is 48.5 Å². The van der Waals surface area contributed by atoms with E-state index in [2.05, 4.69) is 10.6 Å². The minimum absolute atomic E-state index is 0.0257. The van der Waals surface area contributed by atoms with E-state index in [1.807, 2.05) is 0 Å². The Hall–Kier alpha value is -4.28. The summed E-state index contributed by atoms with van der Waals surface area (Å²) >= 11 is 0. The van der Waals surface area contributed by atoms with Gasteiger partial charge in [0.1, 0.15) is 29.2 Å². The third kappa shape index (κ3) is 10.2. The van der Waals surface area contributed by atoms with Crippen LogP contribution in [0.2, 0.25) is 0 Å². The predicted molar refractivity (Wildman–Crippen MR) is 143 cm³/mol. The first-order valence-electron chi connectivity index (χ1n) is 12.6. The molecule has 0 saturated carbocycles. The van der Waals surface area contributed by atoms with Gasteiger partial charge >= 0.3 is 12.1 Å². The van der Waals surface area contributed by atoms with Crippen LogP contribution in [0.3, 0.4) is 0 Å². The van der Waals surface area contributed by atoms with Gasteiger partial charge in [-0.3, -0.25) is 14.4 Å². The van der Waals surface area contributed by atoms with Crippen molar-refractivity contribution < 1.29 is 38.9 Å². The fourth-order valence-corrected chi connectivity index (χ4v) is 3.75. The topological polar surface area (TPSA) is 154 Å². The molecule has 4 N–H and O–H groups in total. The van der Waals surface area contributed by atoms with Gasteiger partial charge in [-0.15, -0.1) is 0 Å². The Morgan fingerprint density at radius 1 is 1.00 bits per heavy atom. The van der Waals surface area contributed by atoms with Crippen LogP contribution in [0.4, 0.5) is 4.79 Å². The summed E-state index contributed by atoms with van der Waals surface area (Å²) in [7, 11) is 1.41. The summed E-state index contributed by atoms with van der Waals surface area (Å²) in [5, 5.41) is 24.9. The van der Waals surface area contributed by atoms with Gasteiger partial charge in [0.05, 0.1) is 13.0 Å². The lowest BCUT2D eigenvalue weighted by molar-refractivity contribution is -0.143. The van der Waals surface area contributed by atoms with E-state index in [1.54, 1.807) is 45.9 Å². The minimum atomic E-state index is -1.20. The molecule has 0 bridgehead atoms. The van der Waals surface area contributed by atoms with Crippen LogP contribution in [0, 0.1) is 0 Å². The first kappa shape index (κ1) is 30.9. The zero-order chi connectivity index (χ0) is 29.2. The third-order valence-corrected chi connectivity index (χ3v) is 5.47. The maximum atomic E-state index is 13.8. The smallest absolute Gasteiger partial charge is 0.408 e. The van der Waals surface area contributed by atoms with E-state index >= 15 is 0 Å². The molecular weight excluding hydrogens is 506 g/mol. The van der Waals surface area contributed by atoms with Crippen molar-refractivity contribution in [2.24, 2.45) is 0 Å². The van der Waals surface area contributed by atoms with Gasteiger partial charge in [-0.1, -0.05) is 24.3 Å². The number of ether oxygens (including phenoxy) is 2. The Balaban J connectivity index is 2.35. The van der Waals surface area contributed by atoms with Gasteiger partial charge in [-0.05, 0) is 63.1 Å². The molecule has 0 aliphatic rings. The van der Waals surface area contributed by atoms with Crippen molar-refractivity contribution in [2.75, 3.05) is 20.2 Å². The molecule has 11 heteroatoms. The summed E-state index contributed by atoms with van der Waals surface area (Å²) in [4.78, 5) is 52.5. The second-order valence-corrected chi connectivity index (χ2v) is 9.86. The zero-order valence-electron chi connectivity index (χ0n) is 22.9. The molecule has 2 aromatic rings. The highest BCUT2D eigenvalue weighted by Gasteiger charge is 2.34. The fourth-order valence-electron chi connectivity index (χ4n) is 3.75. The van der Waals surface area contributed by atoms with Crippen LogP contribution < -0.4 is 10.6 Å². The molecule has 0 spiro atoms. The van der Waals surface area contributed by atoms with E-state index in [4.69, 9.17) is 9.47 Å². The van der Waals surface area contributed by atoms with E-state index in [0.29, 0.717) is 11.1 Å². The highest BCUT2D eigenvalue weighted by atomic mass is 16.6. The molecule has 2 atom stereocenters. The Labute approximate surface area is 228 Å². The van der Waals surface area contributed by atoms with Crippen LogP contribution in [0.25, 0.3) is 0 Å². The Kier molecular flexibility index (Phi) is 11.1. The summed E-state index contributed by atoms with van der Waals surface area (Å²) < 4.78 is 10.2. The van der Waals surface area contributed by atoms with Crippen molar-refractivity contribution in [3.63, 3.8) is 0 Å². The largest absolute Gasteiger partial charge is 0.508 e. The number of likely N-dealkylation sites (N-methyl/N-ethyl adjacent to an activating group) is 1. The van der Waals surface area contributed by atoms with Gasteiger partial charge in [-0.2, -0.15) is 0 Å². The van der Waals surface area contributed by atoms with Crippen LogP contribution in [-0.4, -0.2) is 70.8 Å². The van der Waals surface area contributed by atoms with Crippen molar-refractivity contribution in [3.05, 3.63) is 59.7 Å². The molecule has 0 saturated heterocycles. The highest BCUT2D eigenvalue weighted by molar-refractivity contribution is 5.92. The number of carbonyl (C=O) groups is 4. The lowest BCUT2D eigenvalue weighted by Crippen LogP contribution is -2.52. The molecule has 0 fully saturated rings. The monoisotopic (exact) mass is 543 g/mol. The number of nitrogens with zero attached hydrogens (tertiary/aromatic N) is 1. The van der Waals surface area contributed by atoms with E-state index in [-0.39, 0.29) is 37.5 Å². The lowest BCUT2D eigenvalue weighted by Gasteiger charge is -2.31. The Bertz CT molecular complexity index is 1140. The summed E-state index contributed by atoms with van der Waals surface area (Å²) in [5.74, 6) is -1.75. The minimum Gasteiger partial charge on any atom is -0.508 e. The number of phenols is 2. The zero-order valence-corrected chi connectivity index (χ0v) is 22.9. The summed E-state index contributed by atoms with van der Waals surface area (Å²) in [5.41, 5.74) is 0.147. The number of aromatic hydroxyl groups is 2. The first-order chi connectivity index (χ1) is 18.3. The quantitative estimate of drug-likeness (QED) is 0.316. The number of rotatable bonds is 11. The molecule has 0 aromatic heterocycles. The predicted octanol–water partition coefficient (Wildman–Crippen LogP) is 2.80. The SMILES string of the molecule is CCOC(=O)CCNC(=O)C(c1cccc(O)c1)N(C)C(=O)C(Cc1ccc(O)cc1)NC(=O)OC(C)(C)C. The molecule has 3 amide bonds. The maximum Gasteiger partial charge on any atom is 0.408 e. The van der Waals surface area contributed by atoms with Crippen molar-refractivity contribution >= 4 is 23.9 Å². The second-order valence-electron chi connectivity index (χ2n) is 9.86. The van der Waals surface area contributed by atoms with Gasteiger partial charge in [0.25, 0.3) is 0 Å². The van der Waals surface area contributed by atoms with E-state index < -0.39 is 41.6 Å². The summed E-state index contributed by atoms with van der Waals surface area (Å²) in [6, 6.07) is 9.71. The summed E-state index contributed by atoms with van der Waals surface area (Å²) in [6.45, 7) is 6.93. The van der Waals surface area contributed by atoms with Crippen LogP contribution in [0.5, 0.6) is 11.5 Å². The summed E-state index contributed by atoms with van der Waals surface area (Å²) in [6.07, 6.45) is -0.839. The molecule has 2 unspecified atom stereocenters. The molecular formula is C28H37N3O8. The number of hydrogen-bond acceptors (Lipinski definition) is 8. The highest BCUT2D eigenvalue weighted by Crippen LogP contribution is 2.25. The molecule has 39 heavy (non-hydrogen) atoms. The van der Waals surface area contributed by atoms with Gasteiger partial charge in [-0.25, -0.2) is 4.79 Å². The molecule has 11 nitrogen and oxygen atoms in total. The van der Waals surface area contributed by atoms with E-state index in [1.165, 1.54) is 37.4 Å². The number of esters is 1. The number of benzene rings is 2. The van der Waals surface area contributed by atoms with Gasteiger partial charge < -0.3 is 35.2 Å². The standard InChI is InChI=1S/C28H37N3O8/c1-6-38-23(34)14-15-29-25(35)24(19-8-7-9-21(33)17-19)31(5)26(36)22(30-27(37)39-28(2,3)4)16-18-10-12-20(32)13-11-18/h7-13,17,22,24,32-33H,6,14-16H2,1-5H3,(H,29,35)(H,30,37). The fraction of sp³-hybridized carbons (Fsp3) is 0.429. The number of phenolic OH excluding ortho intramolecular Hbond substituents is 2. The molecule has 0 aliphatic heterocycles.